The van der Waals surface area contributed by atoms with Gasteiger partial charge in [0, 0.05) is 17.6 Å². The van der Waals surface area contributed by atoms with Crippen LogP contribution >= 0.6 is 15.9 Å². The first-order valence-electron chi connectivity index (χ1n) is 7.76. The molecule has 0 heterocycles. The van der Waals surface area contributed by atoms with Crippen LogP contribution in [-0.4, -0.2) is 25.3 Å². The van der Waals surface area contributed by atoms with Crippen LogP contribution in [0, 0.1) is 5.82 Å². The summed E-state index contributed by atoms with van der Waals surface area (Å²) in [4.78, 5) is 11.7. The smallest absolute Gasteiger partial charge is 0.319 e. The van der Waals surface area contributed by atoms with Crippen molar-refractivity contribution in [3.05, 3.63) is 28.5 Å². The van der Waals surface area contributed by atoms with Crippen molar-refractivity contribution in [1.82, 2.24) is 5.32 Å². The van der Waals surface area contributed by atoms with Gasteiger partial charge >= 0.3 is 6.03 Å². The largest absolute Gasteiger partial charge is 0.378 e. The lowest BCUT2D eigenvalue weighted by Crippen LogP contribution is -2.30. The molecule has 0 bridgehead atoms. The number of carbonyl (C=O) groups excluding carboxylic acids is 1. The van der Waals surface area contributed by atoms with Gasteiger partial charge in [0.15, 0.2) is 0 Å². The summed E-state index contributed by atoms with van der Waals surface area (Å²) in [7, 11) is 0. The summed E-state index contributed by atoms with van der Waals surface area (Å²) in [6.07, 6.45) is 7.35. The molecule has 1 fully saturated rings. The fourth-order valence-corrected chi connectivity index (χ4v) is 2.96. The third kappa shape index (κ3) is 5.93. The quantitative estimate of drug-likeness (QED) is 0.724. The van der Waals surface area contributed by atoms with Crippen molar-refractivity contribution in [3.63, 3.8) is 0 Å². The Morgan fingerprint density at radius 3 is 2.82 bits per heavy atom. The summed E-state index contributed by atoms with van der Waals surface area (Å²) in [5.41, 5.74) is 0.539. The fraction of sp³-hybridized carbons (Fsp3) is 0.562. The molecule has 0 aromatic heterocycles. The van der Waals surface area contributed by atoms with Crippen LogP contribution in [0.4, 0.5) is 14.9 Å². The van der Waals surface area contributed by atoms with Crippen LogP contribution < -0.4 is 10.6 Å². The SMILES string of the molecule is O=C(NCCCOC1CCCCC1)Nc1ccc(F)cc1Br. The zero-order valence-corrected chi connectivity index (χ0v) is 14.1. The number of hydrogen-bond acceptors (Lipinski definition) is 2. The van der Waals surface area contributed by atoms with Crippen LogP contribution in [0.5, 0.6) is 0 Å². The van der Waals surface area contributed by atoms with Crippen LogP contribution in [0.1, 0.15) is 38.5 Å². The van der Waals surface area contributed by atoms with E-state index >= 15 is 0 Å². The van der Waals surface area contributed by atoms with E-state index in [9.17, 15) is 9.18 Å². The zero-order valence-electron chi connectivity index (χ0n) is 12.5. The summed E-state index contributed by atoms with van der Waals surface area (Å²) in [6, 6.07) is 3.84. The highest BCUT2D eigenvalue weighted by Crippen LogP contribution is 2.23. The second-order valence-electron chi connectivity index (χ2n) is 5.49. The minimum Gasteiger partial charge on any atom is -0.378 e. The molecule has 1 aromatic carbocycles. The Hall–Kier alpha value is -1.14. The Morgan fingerprint density at radius 2 is 2.09 bits per heavy atom. The van der Waals surface area contributed by atoms with Crippen molar-refractivity contribution in [1.29, 1.82) is 0 Å². The van der Waals surface area contributed by atoms with Gasteiger partial charge in [0.25, 0.3) is 0 Å². The second kappa shape index (κ2) is 9.10. The normalized spacial score (nSPS) is 15.5. The molecule has 1 saturated carbocycles. The van der Waals surface area contributed by atoms with Crippen molar-refractivity contribution in [3.8, 4) is 0 Å². The molecular formula is C16H22BrFN2O2. The van der Waals surface area contributed by atoms with E-state index in [1.54, 1.807) is 0 Å². The van der Waals surface area contributed by atoms with Crippen molar-refractivity contribution < 1.29 is 13.9 Å². The first kappa shape index (κ1) is 17.2. The van der Waals surface area contributed by atoms with Crippen LogP contribution in [0.25, 0.3) is 0 Å². The van der Waals surface area contributed by atoms with E-state index in [-0.39, 0.29) is 11.8 Å². The van der Waals surface area contributed by atoms with Gasteiger partial charge in [-0.2, -0.15) is 0 Å². The highest BCUT2D eigenvalue weighted by molar-refractivity contribution is 9.10. The summed E-state index contributed by atoms with van der Waals surface area (Å²) in [6.45, 7) is 1.22. The number of nitrogens with one attached hydrogen (secondary N) is 2. The molecule has 4 nitrogen and oxygen atoms in total. The van der Waals surface area contributed by atoms with E-state index in [4.69, 9.17) is 4.74 Å². The van der Waals surface area contributed by atoms with E-state index in [1.807, 2.05) is 0 Å². The standard InChI is InChI=1S/C16H22BrFN2O2/c17-14-11-12(18)7-8-15(14)20-16(21)19-9-4-10-22-13-5-2-1-3-6-13/h7-8,11,13H,1-6,9-10H2,(H2,19,20,21). The van der Waals surface area contributed by atoms with E-state index in [1.165, 1.54) is 37.5 Å². The maximum absolute atomic E-state index is 13.0. The van der Waals surface area contributed by atoms with Gasteiger partial charge in [-0.15, -0.1) is 0 Å². The van der Waals surface area contributed by atoms with Gasteiger partial charge < -0.3 is 15.4 Å². The number of amides is 2. The minimum absolute atomic E-state index is 0.301. The number of benzene rings is 1. The number of halogens is 2. The highest BCUT2D eigenvalue weighted by atomic mass is 79.9. The minimum atomic E-state index is -0.349. The average Bonchev–Trinajstić information content (AvgIpc) is 2.51. The first-order valence-corrected chi connectivity index (χ1v) is 8.56. The number of urea groups is 1. The Bertz CT molecular complexity index is 493. The number of rotatable bonds is 6. The molecule has 0 unspecified atom stereocenters. The van der Waals surface area contributed by atoms with Gasteiger partial charge in [-0.25, -0.2) is 9.18 Å². The van der Waals surface area contributed by atoms with E-state index < -0.39 is 0 Å². The van der Waals surface area contributed by atoms with Crippen LogP contribution in [0.15, 0.2) is 22.7 Å². The molecule has 2 amide bonds. The third-order valence-corrected chi connectivity index (χ3v) is 4.35. The molecule has 2 N–H and O–H groups in total. The third-order valence-electron chi connectivity index (χ3n) is 3.69. The second-order valence-corrected chi connectivity index (χ2v) is 6.34. The summed E-state index contributed by atoms with van der Waals surface area (Å²) < 4.78 is 19.3. The predicted octanol–water partition coefficient (Wildman–Crippen LogP) is 4.45. The fourth-order valence-electron chi connectivity index (χ4n) is 2.51. The molecule has 2 rings (SSSR count). The average molecular weight is 373 g/mol. The van der Waals surface area contributed by atoms with Crippen molar-refractivity contribution in [2.75, 3.05) is 18.5 Å². The Balaban J connectivity index is 1.59. The van der Waals surface area contributed by atoms with Crippen molar-refractivity contribution in [2.45, 2.75) is 44.6 Å². The first-order chi connectivity index (χ1) is 10.6. The summed E-state index contributed by atoms with van der Waals surface area (Å²) >= 11 is 3.21. The number of hydrogen-bond donors (Lipinski definition) is 2. The van der Waals surface area contributed by atoms with Gasteiger partial charge in [0.2, 0.25) is 0 Å². The number of anilines is 1. The van der Waals surface area contributed by atoms with Gasteiger partial charge in [-0.1, -0.05) is 19.3 Å². The highest BCUT2D eigenvalue weighted by Gasteiger charge is 2.13. The summed E-state index contributed by atoms with van der Waals surface area (Å²) in [5, 5.41) is 5.44. The van der Waals surface area contributed by atoms with E-state index in [2.05, 4.69) is 26.6 Å². The molecule has 6 heteroatoms. The lowest BCUT2D eigenvalue weighted by molar-refractivity contribution is 0.0276. The van der Waals surface area contributed by atoms with Gasteiger partial charge in [0.1, 0.15) is 5.82 Å². The Kier molecular flexibility index (Phi) is 7.12. The van der Waals surface area contributed by atoms with Gasteiger partial charge in [-0.3, -0.25) is 0 Å². The predicted molar refractivity (Wildman–Crippen MR) is 88.6 cm³/mol. The molecular weight excluding hydrogens is 351 g/mol. The molecule has 0 radical (unpaired) electrons. The molecule has 22 heavy (non-hydrogen) atoms. The molecule has 0 aliphatic heterocycles. The molecule has 1 aromatic rings. The van der Waals surface area contributed by atoms with E-state index in [0.29, 0.717) is 29.4 Å². The maximum Gasteiger partial charge on any atom is 0.319 e. The topological polar surface area (TPSA) is 50.4 Å². The molecule has 0 atom stereocenters. The van der Waals surface area contributed by atoms with Gasteiger partial charge in [0.05, 0.1) is 11.8 Å². The van der Waals surface area contributed by atoms with Crippen LogP contribution in [0.2, 0.25) is 0 Å². The summed E-state index contributed by atoms with van der Waals surface area (Å²) in [5.74, 6) is -0.349. The van der Waals surface area contributed by atoms with Crippen molar-refractivity contribution >= 4 is 27.6 Å². The molecule has 1 aliphatic rings. The molecule has 122 valence electrons. The monoisotopic (exact) mass is 372 g/mol. The Morgan fingerprint density at radius 1 is 1.32 bits per heavy atom. The zero-order chi connectivity index (χ0) is 15.8. The van der Waals surface area contributed by atoms with Crippen molar-refractivity contribution in [2.24, 2.45) is 0 Å². The number of carbonyl (C=O) groups is 1. The van der Waals surface area contributed by atoms with Crippen LogP contribution in [0.3, 0.4) is 0 Å². The lowest BCUT2D eigenvalue weighted by atomic mass is 9.98. The number of ether oxygens (including phenoxy) is 1. The van der Waals surface area contributed by atoms with Crippen LogP contribution in [-0.2, 0) is 4.74 Å². The molecule has 0 saturated heterocycles. The van der Waals surface area contributed by atoms with Gasteiger partial charge in [-0.05, 0) is 53.4 Å². The van der Waals surface area contributed by atoms with E-state index in [0.717, 1.165) is 19.3 Å². The maximum atomic E-state index is 13.0. The molecule has 0 spiro atoms. The Labute approximate surface area is 138 Å². The lowest BCUT2D eigenvalue weighted by Gasteiger charge is -2.21. The molecule has 1 aliphatic carbocycles.